The smallest absolute Gasteiger partial charge is 0.283 e. The van der Waals surface area contributed by atoms with E-state index < -0.39 is 5.92 Å². The number of carbonyl (C=O) groups excluding carboxylic acids is 1. The van der Waals surface area contributed by atoms with Gasteiger partial charge in [-0.1, -0.05) is 67.6 Å². The van der Waals surface area contributed by atoms with Crippen molar-refractivity contribution in [2.75, 3.05) is 6.54 Å². The molecule has 0 radical (unpaired) electrons. The van der Waals surface area contributed by atoms with Crippen LogP contribution in [0, 0.1) is 0 Å². The van der Waals surface area contributed by atoms with Crippen LogP contribution in [0.2, 0.25) is 0 Å². The molecular weight excluding hydrogens is 378 g/mol. The van der Waals surface area contributed by atoms with Crippen molar-refractivity contribution < 1.29 is 13.6 Å². The van der Waals surface area contributed by atoms with Crippen LogP contribution in [0.15, 0.2) is 87.9 Å². The molecular formula is C24H23N3O3. The van der Waals surface area contributed by atoms with E-state index in [2.05, 4.69) is 10.2 Å². The summed E-state index contributed by atoms with van der Waals surface area (Å²) in [5.74, 6) is 0.802. The van der Waals surface area contributed by atoms with Gasteiger partial charge in [0, 0.05) is 6.54 Å². The van der Waals surface area contributed by atoms with E-state index in [1.54, 1.807) is 23.3 Å². The van der Waals surface area contributed by atoms with Crippen LogP contribution in [0.1, 0.15) is 36.3 Å². The topological polar surface area (TPSA) is 72.4 Å². The SMILES string of the molecule is CCCN(Cc1nnc(-c2ccco2)o1)C(=O)C(c1ccccc1)c1ccccc1. The molecule has 152 valence electrons. The Balaban J connectivity index is 1.62. The van der Waals surface area contributed by atoms with Crippen molar-refractivity contribution in [1.29, 1.82) is 0 Å². The van der Waals surface area contributed by atoms with Gasteiger partial charge in [-0.25, -0.2) is 0 Å². The molecule has 2 aromatic carbocycles. The standard InChI is InChI=1S/C24H23N3O3/c1-2-15-27(17-21-25-26-23(30-21)20-14-9-16-29-20)24(28)22(18-10-5-3-6-11-18)19-12-7-4-8-13-19/h3-14,16,22H,2,15,17H2,1H3. The fraction of sp³-hybridized carbons (Fsp3) is 0.208. The molecule has 0 atom stereocenters. The summed E-state index contributed by atoms with van der Waals surface area (Å²) >= 11 is 0. The zero-order valence-electron chi connectivity index (χ0n) is 16.8. The summed E-state index contributed by atoms with van der Waals surface area (Å²) < 4.78 is 11.0. The quantitative estimate of drug-likeness (QED) is 0.420. The minimum absolute atomic E-state index is 0.00648. The molecule has 0 fully saturated rings. The number of aromatic nitrogens is 2. The number of hydrogen-bond donors (Lipinski definition) is 0. The Morgan fingerprint density at radius 1 is 0.933 bits per heavy atom. The molecule has 0 bridgehead atoms. The lowest BCUT2D eigenvalue weighted by Gasteiger charge is -2.26. The summed E-state index contributed by atoms with van der Waals surface area (Å²) in [5.41, 5.74) is 1.91. The van der Waals surface area contributed by atoms with Gasteiger partial charge in [-0.2, -0.15) is 0 Å². The van der Waals surface area contributed by atoms with Crippen LogP contribution >= 0.6 is 0 Å². The third-order valence-electron chi connectivity index (χ3n) is 4.84. The number of amides is 1. The van der Waals surface area contributed by atoms with E-state index in [4.69, 9.17) is 8.83 Å². The van der Waals surface area contributed by atoms with Crippen LogP contribution in [0.25, 0.3) is 11.7 Å². The van der Waals surface area contributed by atoms with Crippen molar-refractivity contribution in [3.8, 4) is 11.7 Å². The van der Waals surface area contributed by atoms with Gasteiger partial charge in [-0.15, -0.1) is 10.2 Å². The number of furan rings is 1. The third kappa shape index (κ3) is 4.33. The lowest BCUT2D eigenvalue weighted by atomic mass is 9.90. The van der Waals surface area contributed by atoms with E-state index in [1.807, 2.05) is 67.6 Å². The van der Waals surface area contributed by atoms with Gasteiger partial charge in [0.25, 0.3) is 5.89 Å². The average molecular weight is 401 g/mol. The Morgan fingerprint density at radius 3 is 2.17 bits per heavy atom. The van der Waals surface area contributed by atoms with Crippen LogP contribution in [0.5, 0.6) is 0 Å². The third-order valence-corrected chi connectivity index (χ3v) is 4.84. The predicted molar refractivity (Wildman–Crippen MR) is 112 cm³/mol. The highest BCUT2D eigenvalue weighted by Gasteiger charge is 2.28. The molecule has 1 amide bonds. The number of rotatable bonds is 8. The predicted octanol–water partition coefficient (Wildman–Crippen LogP) is 4.90. The molecule has 4 aromatic rings. The maximum absolute atomic E-state index is 13.7. The van der Waals surface area contributed by atoms with Gasteiger partial charge in [0.2, 0.25) is 11.8 Å². The molecule has 2 heterocycles. The normalized spacial score (nSPS) is 11.0. The first-order chi connectivity index (χ1) is 14.8. The second-order valence-electron chi connectivity index (χ2n) is 6.99. The van der Waals surface area contributed by atoms with Crippen molar-refractivity contribution in [2.24, 2.45) is 0 Å². The summed E-state index contributed by atoms with van der Waals surface area (Å²) in [4.78, 5) is 15.5. The van der Waals surface area contributed by atoms with Gasteiger partial charge in [0.05, 0.1) is 18.7 Å². The average Bonchev–Trinajstić information content (AvgIpc) is 3.47. The summed E-state index contributed by atoms with van der Waals surface area (Å²) in [6, 6.07) is 23.2. The van der Waals surface area contributed by atoms with Crippen molar-refractivity contribution in [2.45, 2.75) is 25.8 Å². The van der Waals surface area contributed by atoms with Gasteiger partial charge in [-0.3, -0.25) is 4.79 Å². The van der Waals surface area contributed by atoms with E-state index in [0.29, 0.717) is 24.1 Å². The van der Waals surface area contributed by atoms with E-state index in [-0.39, 0.29) is 12.5 Å². The highest BCUT2D eigenvalue weighted by molar-refractivity contribution is 5.87. The van der Waals surface area contributed by atoms with E-state index in [0.717, 1.165) is 17.5 Å². The number of benzene rings is 2. The first-order valence-corrected chi connectivity index (χ1v) is 10.0. The molecule has 4 rings (SSSR count). The fourth-order valence-electron chi connectivity index (χ4n) is 3.47. The van der Waals surface area contributed by atoms with Crippen LogP contribution < -0.4 is 0 Å². The molecule has 0 saturated carbocycles. The van der Waals surface area contributed by atoms with E-state index in [9.17, 15) is 4.79 Å². The Labute approximate surface area is 175 Å². The maximum atomic E-state index is 13.7. The maximum Gasteiger partial charge on any atom is 0.283 e. The highest BCUT2D eigenvalue weighted by Crippen LogP contribution is 2.28. The first-order valence-electron chi connectivity index (χ1n) is 10.0. The molecule has 0 saturated heterocycles. The van der Waals surface area contributed by atoms with Crippen molar-refractivity contribution in [3.63, 3.8) is 0 Å². The second-order valence-corrected chi connectivity index (χ2v) is 6.99. The lowest BCUT2D eigenvalue weighted by Crippen LogP contribution is -2.36. The highest BCUT2D eigenvalue weighted by atomic mass is 16.4. The van der Waals surface area contributed by atoms with Crippen LogP contribution in [0.3, 0.4) is 0 Å². The number of carbonyl (C=O) groups is 1. The van der Waals surface area contributed by atoms with Crippen LogP contribution in [-0.2, 0) is 11.3 Å². The second kappa shape index (κ2) is 9.22. The van der Waals surface area contributed by atoms with Gasteiger partial charge in [0.15, 0.2) is 5.76 Å². The monoisotopic (exact) mass is 401 g/mol. The zero-order valence-corrected chi connectivity index (χ0v) is 16.8. The van der Waals surface area contributed by atoms with E-state index >= 15 is 0 Å². The molecule has 30 heavy (non-hydrogen) atoms. The van der Waals surface area contributed by atoms with Crippen molar-refractivity contribution in [3.05, 3.63) is 96.1 Å². The van der Waals surface area contributed by atoms with Crippen LogP contribution in [-0.4, -0.2) is 27.5 Å². The molecule has 6 nitrogen and oxygen atoms in total. The lowest BCUT2D eigenvalue weighted by molar-refractivity contribution is -0.132. The Hall–Kier alpha value is -3.67. The largest absolute Gasteiger partial charge is 0.459 e. The van der Waals surface area contributed by atoms with Crippen molar-refractivity contribution >= 4 is 5.91 Å². The molecule has 0 spiro atoms. The molecule has 6 heteroatoms. The number of nitrogens with zero attached hydrogens (tertiary/aromatic N) is 3. The molecule has 0 aliphatic carbocycles. The zero-order chi connectivity index (χ0) is 20.8. The Kier molecular flexibility index (Phi) is 6.03. The van der Waals surface area contributed by atoms with E-state index in [1.165, 1.54) is 0 Å². The molecule has 0 aliphatic heterocycles. The van der Waals surface area contributed by atoms with Gasteiger partial charge in [0.1, 0.15) is 0 Å². The number of hydrogen-bond acceptors (Lipinski definition) is 5. The van der Waals surface area contributed by atoms with Gasteiger partial charge < -0.3 is 13.7 Å². The fourth-order valence-corrected chi connectivity index (χ4v) is 3.47. The van der Waals surface area contributed by atoms with Crippen molar-refractivity contribution in [1.82, 2.24) is 15.1 Å². The minimum Gasteiger partial charge on any atom is -0.459 e. The molecule has 2 aromatic heterocycles. The Morgan fingerprint density at radius 2 is 1.60 bits per heavy atom. The van der Waals surface area contributed by atoms with Gasteiger partial charge >= 0.3 is 0 Å². The minimum atomic E-state index is -0.397. The summed E-state index contributed by atoms with van der Waals surface area (Å²) in [6.07, 6.45) is 2.37. The Bertz CT molecular complexity index is 1020. The van der Waals surface area contributed by atoms with Crippen LogP contribution in [0.4, 0.5) is 0 Å². The summed E-state index contributed by atoms with van der Waals surface area (Å²) in [7, 11) is 0. The van der Waals surface area contributed by atoms with Gasteiger partial charge in [-0.05, 0) is 29.7 Å². The molecule has 0 unspecified atom stereocenters. The summed E-state index contributed by atoms with van der Waals surface area (Å²) in [5, 5.41) is 8.15. The molecule has 0 aliphatic rings. The first kappa shape index (κ1) is 19.6. The summed E-state index contributed by atoms with van der Waals surface area (Å²) in [6.45, 7) is 2.88. The molecule has 0 N–H and O–H groups in total.